The van der Waals surface area contributed by atoms with Crippen molar-refractivity contribution in [3.63, 3.8) is 0 Å². The Kier molecular flexibility index (Phi) is 13.1. The van der Waals surface area contributed by atoms with Gasteiger partial charge in [-0.25, -0.2) is 4.79 Å². The van der Waals surface area contributed by atoms with Gasteiger partial charge in [-0.15, -0.1) is 0 Å². The molecule has 0 aromatic rings. The number of hydrogen-bond donors (Lipinski definition) is 0. The molecule has 114 valence electrons. The molecule has 0 heterocycles. The second-order valence-electron chi connectivity index (χ2n) is 5.17. The van der Waals surface area contributed by atoms with E-state index in [1.54, 1.807) is 0 Å². The van der Waals surface area contributed by atoms with Crippen molar-refractivity contribution in [1.29, 1.82) is 0 Å². The summed E-state index contributed by atoms with van der Waals surface area (Å²) in [6.07, 6.45) is 12.5. The fourth-order valence-electron chi connectivity index (χ4n) is 2.05. The number of carbonyl (C=O) groups excluding carboxylic acids is 1. The van der Waals surface area contributed by atoms with Gasteiger partial charge in [-0.05, 0) is 19.8 Å². The Morgan fingerprint density at radius 1 is 0.947 bits per heavy atom. The van der Waals surface area contributed by atoms with Crippen LogP contribution in [0.5, 0.6) is 0 Å². The highest BCUT2D eigenvalue weighted by atomic mass is 35.5. The minimum Gasteiger partial charge on any atom is -0.461 e. The average molecular weight is 311 g/mol. The summed E-state index contributed by atoms with van der Waals surface area (Å²) in [5, 5.41) is 0. The quantitative estimate of drug-likeness (QED) is 0.265. The van der Waals surface area contributed by atoms with E-state index in [0.717, 1.165) is 12.8 Å². The Bertz CT molecular complexity index is 220. The van der Waals surface area contributed by atoms with Crippen molar-refractivity contribution in [2.24, 2.45) is 0 Å². The van der Waals surface area contributed by atoms with Gasteiger partial charge >= 0.3 is 5.97 Å². The molecule has 19 heavy (non-hydrogen) atoms. The third kappa shape index (κ3) is 12.8. The van der Waals surface area contributed by atoms with E-state index >= 15 is 0 Å². The summed E-state index contributed by atoms with van der Waals surface area (Å²) in [5.74, 6) is -0.535. The lowest BCUT2D eigenvalue weighted by Gasteiger charge is -2.13. The number of hydrogen-bond acceptors (Lipinski definition) is 2. The van der Waals surface area contributed by atoms with Crippen LogP contribution in [0.15, 0.2) is 0 Å². The lowest BCUT2D eigenvalue weighted by molar-refractivity contribution is -0.146. The van der Waals surface area contributed by atoms with E-state index in [1.807, 2.05) is 6.92 Å². The van der Waals surface area contributed by atoms with Crippen molar-refractivity contribution in [3.05, 3.63) is 0 Å². The second-order valence-corrected chi connectivity index (χ2v) is 6.26. The Balaban J connectivity index is 3.27. The number of carbonyl (C=O) groups is 1. The topological polar surface area (TPSA) is 26.3 Å². The zero-order valence-corrected chi connectivity index (χ0v) is 13.8. The maximum atomic E-state index is 11.1. The molecule has 0 bridgehead atoms. The van der Waals surface area contributed by atoms with Crippen LogP contribution in [0.2, 0.25) is 0 Å². The predicted molar refractivity (Wildman–Crippen MR) is 82.9 cm³/mol. The van der Waals surface area contributed by atoms with Crippen LogP contribution < -0.4 is 0 Å². The summed E-state index contributed by atoms with van der Waals surface area (Å²) in [6.45, 7) is 4.13. The highest BCUT2D eigenvalue weighted by Gasteiger charge is 2.16. The van der Waals surface area contributed by atoms with E-state index < -0.39 is 10.8 Å². The van der Waals surface area contributed by atoms with E-state index in [-0.39, 0.29) is 6.10 Å². The first-order valence-electron chi connectivity index (χ1n) is 7.56. The molecule has 0 amide bonds. The number of halogens is 2. The van der Waals surface area contributed by atoms with Gasteiger partial charge in [0.25, 0.3) is 0 Å². The molecule has 1 unspecified atom stereocenters. The lowest BCUT2D eigenvalue weighted by Crippen LogP contribution is -2.19. The van der Waals surface area contributed by atoms with Crippen LogP contribution in [0.3, 0.4) is 0 Å². The minimum atomic E-state index is -1.06. The lowest BCUT2D eigenvalue weighted by atomic mass is 10.1. The number of unbranched alkanes of at least 4 members (excludes halogenated alkanes) is 8. The van der Waals surface area contributed by atoms with E-state index in [4.69, 9.17) is 27.9 Å². The molecule has 0 aliphatic heterocycles. The van der Waals surface area contributed by atoms with Gasteiger partial charge < -0.3 is 4.74 Å². The molecule has 0 aliphatic rings. The molecule has 1 atom stereocenters. The van der Waals surface area contributed by atoms with Crippen LogP contribution in [-0.2, 0) is 9.53 Å². The molecule has 0 spiro atoms. The van der Waals surface area contributed by atoms with Crippen LogP contribution in [-0.4, -0.2) is 16.9 Å². The molecular formula is C15H28Cl2O2. The van der Waals surface area contributed by atoms with Gasteiger partial charge in [-0.2, -0.15) is 0 Å². The van der Waals surface area contributed by atoms with Gasteiger partial charge in [-0.3, -0.25) is 0 Å². The normalized spacial score (nSPS) is 12.7. The molecule has 0 radical (unpaired) electrons. The van der Waals surface area contributed by atoms with Crippen LogP contribution in [0.1, 0.15) is 78.1 Å². The van der Waals surface area contributed by atoms with Gasteiger partial charge in [0.15, 0.2) is 0 Å². The van der Waals surface area contributed by atoms with E-state index in [0.29, 0.717) is 0 Å². The van der Waals surface area contributed by atoms with E-state index in [1.165, 1.54) is 51.4 Å². The van der Waals surface area contributed by atoms with Gasteiger partial charge in [0.1, 0.15) is 0 Å². The first kappa shape index (κ1) is 19.1. The Morgan fingerprint density at radius 3 is 1.89 bits per heavy atom. The van der Waals surface area contributed by atoms with Gasteiger partial charge in [0.05, 0.1) is 6.10 Å². The SMILES string of the molecule is CCCCCCCCCCCC(C)OC(=O)C(Cl)Cl. The maximum Gasteiger partial charge on any atom is 0.339 e. The first-order chi connectivity index (χ1) is 9.07. The Morgan fingerprint density at radius 2 is 1.42 bits per heavy atom. The zero-order valence-electron chi connectivity index (χ0n) is 12.3. The van der Waals surface area contributed by atoms with Gasteiger partial charge in [-0.1, -0.05) is 81.5 Å². The number of ether oxygens (including phenoxy) is 1. The Hall–Kier alpha value is 0.0500. The van der Waals surface area contributed by atoms with Crippen LogP contribution >= 0.6 is 23.2 Å². The molecule has 0 aliphatic carbocycles. The minimum absolute atomic E-state index is 0.0861. The molecule has 2 nitrogen and oxygen atoms in total. The fraction of sp³-hybridized carbons (Fsp3) is 0.933. The van der Waals surface area contributed by atoms with Crippen molar-refractivity contribution < 1.29 is 9.53 Å². The molecular weight excluding hydrogens is 283 g/mol. The summed E-state index contributed by atoms with van der Waals surface area (Å²) < 4.78 is 5.08. The molecule has 0 N–H and O–H groups in total. The molecule has 0 aromatic carbocycles. The summed E-state index contributed by atoms with van der Waals surface area (Å²) in [5.41, 5.74) is 0. The van der Waals surface area contributed by atoms with Crippen LogP contribution in [0.25, 0.3) is 0 Å². The van der Waals surface area contributed by atoms with Gasteiger partial charge in [0, 0.05) is 0 Å². The summed E-state index contributed by atoms with van der Waals surface area (Å²) in [4.78, 5) is 10.1. The molecule has 4 heteroatoms. The van der Waals surface area contributed by atoms with Crippen molar-refractivity contribution in [2.45, 2.75) is 89.0 Å². The molecule has 0 saturated carbocycles. The van der Waals surface area contributed by atoms with E-state index in [2.05, 4.69) is 6.92 Å². The second kappa shape index (κ2) is 13.1. The molecule has 0 saturated heterocycles. The van der Waals surface area contributed by atoms with Crippen LogP contribution in [0, 0.1) is 0 Å². The van der Waals surface area contributed by atoms with Gasteiger partial charge in [0.2, 0.25) is 4.84 Å². The largest absolute Gasteiger partial charge is 0.461 e. The molecule has 0 aromatic heterocycles. The van der Waals surface area contributed by atoms with Crippen molar-refractivity contribution >= 4 is 29.2 Å². The van der Waals surface area contributed by atoms with E-state index in [9.17, 15) is 4.79 Å². The zero-order chi connectivity index (χ0) is 14.5. The first-order valence-corrected chi connectivity index (χ1v) is 8.43. The van der Waals surface area contributed by atoms with Crippen molar-refractivity contribution in [1.82, 2.24) is 0 Å². The predicted octanol–water partition coefficient (Wildman–Crippen LogP) is 5.64. The summed E-state index contributed by atoms with van der Waals surface area (Å²) in [7, 11) is 0. The summed E-state index contributed by atoms with van der Waals surface area (Å²) in [6, 6.07) is 0. The van der Waals surface area contributed by atoms with Crippen molar-refractivity contribution in [2.75, 3.05) is 0 Å². The van der Waals surface area contributed by atoms with Crippen molar-refractivity contribution in [3.8, 4) is 0 Å². The number of esters is 1. The molecule has 0 rings (SSSR count). The fourth-order valence-corrected chi connectivity index (χ4v) is 2.15. The average Bonchev–Trinajstić information content (AvgIpc) is 2.36. The highest BCUT2D eigenvalue weighted by molar-refractivity contribution is 6.52. The maximum absolute atomic E-state index is 11.1. The third-order valence-electron chi connectivity index (χ3n) is 3.21. The van der Waals surface area contributed by atoms with Crippen LogP contribution in [0.4, 0.5) is 0 Å². The smallest absolute Gasteiger partial charge is 0.339 e. The standard InChI is InChI=1S/C15H28Cl2O2/c1-3-4-5-6-7-8-9-10-11-12-13(2)19-15(18)14(16)17/h13-14H,3-12H2,1-2H3. The third-order valence-corrected chi connectivity index (χ3v) is 3.57. The monoisotopic (exact) mass is 310 g/mol. The molecule has 0 fully saturated rings. The Labute approximate surface area is 128 Å². The summed E-state index contributed by atoms with van der Waals surface area (Å²) >= 11 is 10.8. The number of rotatable bonds is 12. The highest BCUT2D eigenvalue weighted by Crippen LogP contribution is 2.13. The number of alkyl halides is 2.